The van der Waals surface area contributed by atoms with Gasteiger partial charge in [0.05, 0.1) is 13.2 Å². The Kier molecular flexibility index (Phi) is 7.89. The summed E-state index contributed by atoms with van der Waals surface area (Å²) in [5, 5.41) is 6.50. The molecular formula is C22H35N5O2. The van der Waals surface area contributed by atoms with Crippen LogP contribution >= 0.6 is 0 Å². The predicted molar refractivity (Wildman–Crippen MR) is 116 cm³/mol. The molecule has 1 heterocycles. The van der Waals surface area contributed by atoms with Crippen molar-refractivity contribution in [2.45, 2.75) is 19.3 Å². The maximum atomic E-state index is 12.0. The lowest BCUT2D eigenvalue weighted by Gasteiger charge is -2.36. The summed E-state index contributed by atoms with van der Waals surface area (Å²) >= 11 is 0. The van der Waals surface area contributed by atoms with Gasteiger partial charge in [-0.2, -0.15) is 0 Å². The van der Waals surface area contributed by atoms with Crippen molar-refractivity contribution in [3.05, 3.63) is 35.9 Å². The van der Waals surface area contributed by atoms with Gasteiger partial charge in [0.15, 0.2) is 5.96 Å². The number of amides is 1. The van der Waals surface area contributed by atoms with Crippen LogP contribution in [0.3, 0.4) is 0 Å². The number of benzene rings is 1. The van der Waals surface area contributed by atoms with Crippen molar-refractivity contribution in [3.63, 3.8) is 0 Å². The van der Waals surface area contributed by atoms with Gasteiger partial charge in [-0.05, 0) is 30.2 Å². The Bertz CT molecular complexity index is 667. The van der Waals surface area contributed by atoms with Crippen LogP contribution < -0.4 is 10.6 Å². The Balaban J connectivity index is 1.40. The number of nitrogens with zero attached hydrogens (tertiary/aromatic N) is 3. The highest BCUT2D eigenvalue weighted by molar-refractivity contribution is 5.80. The molecule has 3 rings (SSSR count). The number of methoxy groups -OCH3 is 1. The number of carbonyl (C=O) groups is 1. The van der Waals surface area contributed by atoms with Gasteiger partial charge >= 0.3 is 0 Å². The third kappa shape index (κ3) is 6.72. The molecule has 1 aromatic carbocycles. The van der Waals surface area contributed by atoms with E-state index in [0.29, 0.717) is 25.1 Å². The predicted octanol–water partition coefficient (Wildman–Crippen LogP) is 0.965. The van der Waals surface area contributed by atoms with E-state index in [2.05, 4.69) is 55.8 Å². The van der Waals surface area contributed by atoms with Gasteiger partial charge in [-0.25, -0.2) is 0 Å². The van der Waals surface area contributed by atoms with Crippen LogP contribution in [0, 0.1) is 5.41 Å². The second-order valence-corrected chi connectivity index (χ2v) is 8.17. The number of rotatable bonds is 9. The number of carbonyl (C=O) groups excluding carboxylic acids is 1. The topological polar surface area (TPSA) is 69.2 Å². The summed E-state index contributed by atoms with van der Waals surface area (Å²) in [6.45, 7) is 6.04. The largest absolute Gasteiger partial charge is 0.383 e. The Hall–Kier alpha value is -2.12. The van der Waals surface area contributed by atoms with Gasteiger partial charge in [0.25, 0.3) is 0 Å². The molecule has 0 atom stereocenters. The summed E-state index contributed by atoms with van der Waals surface area (Å²) < 4.78 is 4.96. The molecule has 1 saturated carbocycles. The molecule has 1 aliphatic carbocycles. The van der Waals surface area contributed by atoms with Gasteiger partial charge in [-0.1, -0.05) is 30.3 Å². The molecule has 7 nitrogen and oxygen atoms in total. The molecule has 1 saturated heterocycles. The van der Waals surface area contributed by atoms with Crippen LogP contribution in [0.2, 0.25) is 0 Å². The zero-order valence-corrected chi connectivity index (χ0v) is 17.8. The van der Waals surface area contributed by atoms with Gasteiger partial charge < -0.3 is 20.3 Å². The van der Waals surface area contributed by atoms with E-state index in [1.807, 2.05) is 7.05 Å². The summed E-state index contributed by atoms with van der Waals surface area (Å²) in [5.74, 6) is 1.04. The first-order valence-corrected chi connectivity index (χ1v) is 10.6. The van der Waals surface area contributed by atoms with Crippen molar-refractivity contribution in [1.82, 2.24) is 20.4 Å². The van der Waals surface area contributed by atoms with E-state index in [1.54, 1.807) is 7.11 Å². The molecule has 2 N–H and O–H groups in total. The highest BCUT2D eigenvalue weighted by Gasteiger charge is 2.42. The van der Waals surface area contributed by atoms with Crippen molar-refractivity contribution in [1.29, 1.82) is 0 Å². The van der Waals surface area contributed by atoms with Crippen LogP contribution in [0.25, 0.3) is 0 Å². The van der Waals surface area contributed by atoms with Crippen LogP contribution in [0.4, 0.5) is 0 Å². The number of hydrogen-bond acceptors (Lipinski definition) is 4. The second-order valence-electron chi connectivity index (χ2n) is 8.17. The van der Waals surface area contributed by atoms with Gasteiger partial charge in [0.1, 0.15) is 0 Å². The van der Waals surface area contributed by atoms with E-state index in [9.17, 15) is 4.79 Å². The molecule has 1 aromatic rings. The lowest BCUT2D eigenvalue weighted by molar-refractivity contribution is -0.122. The maximum Gasteiger partial charge on any atom is 0.234 e. The SMILES string of the molecule is CN=C(NCC1(Cc2ccccc2)CC1)N1CCN(CC(=O)NCCOC)CC1. The third-order valence-electron chi connectivity index (χ3n) is 5.88. The minimum absolute atomic E-state index is 0.0644. The van der Waals surface area contributed by atoms with Crippen molar-refractivity contribution in [2.75, 3.05) is 66.6 Å². The monoisotopic (exact) mass is 401 g/mol. The first kappa shape index (κ1) is 21.6. The molecule has 1 aliphatic heterocycles. The zero-order valence-electron chi connectivity index (χ0n) is 17.8. The van der Waals surface area contributed by atoms with E-state index in [1.165, 1.54) is 18.4 Å². The van der Waals surface area contributed by atoms with E-state index in [0.717, 1.165) is 45.1 Å². The minimum atomic E-state index is 0.0644. The fraction of sp³-hybridized carbons (Fsp3) is 0.636. The molecular weight excluding hydrogens is 366 g/mol. The molecule has 2 fully saturated rings. The van der Waals surface area contributed by atoms with E-state index in [4.69, 9.17) is 4.74 Å². The summed E-state index contributed by atoms with van der Waals surface area (Å²) in [4.78, 5) is 21.0. The average molecular weight is 402 g/mol. The highest BCUT2D eigenvalue weighted by Crippen LogP contribution is 2.47. The van der Waals surface area contributed by atoms with Crippen molar-refractivity contribution in [3.8, 4) is 0 Å². The van der Waals surface area contributed by atoms with Crippen LogP contribution in [0.5, 0.6) is 0 Å². The second kappa shape index (κ2) is 10.6. The van der Waals surface area contributed by atoms with E-state index >= 15 is 0 Å². The lowest BCUT2D eigenvalue weighted by atomic mass is 9.96. The molecule has 2 aliphatic rings. The summed E-state index contributed by atoms with van der Waals surface area (Å²) in [6, 6.07) is 10.8. The number of piperazine rings is 1. The van der Waals surface area contributed by atoms with Gasteiger partial charge in [0.2, 0.25) is 5.91 Å². The first-order chi connectivity index (χ1) is 14.1. The summed E-state index contributed by atoms with van der Waals surface area (Å²) in [5.41, 5.74) is 1.79. The fourth-order valence-electron chi connectivity index (χ4n) is 3.89. The molecule has 0 aromatic heterocycles. The van der Waals surface area contributed by atoms with Crippen LogP contribution in [-0.4, -0.2) is 88.2 Å². The first-order valence-electron chi connectivity index (χ1n) is 10.6. The van der Waals surface area contributed by atoms with Crippen LogP contribution in [-0.2, 0) is 16.0 Å². The van der Waals surface area contributed by atoms with E-state index in [-0.39, 0.29) is 5.91 Å². The Morgan fingerprint density at radius 1 is 1.14 bits per heavy atom. The maximum absolute atomic E-state index is 12.0. The standard InChI is InChI=1S/C22H35N5O2/c1-23-21(25-18-22(8-9-22)16-19-6-4-3-5-7-19)27-13-11-26(12-14-27)17-20(28)24-10-15-29-2/h3-7H,8-18H2,1-2H3,(H,23,25)(H,24,28). The number of nitrogens with one attached hydrogen (secondary N) is 2. The molecule has 1 amide bonds. The molecule has 0 radical (unpaired) electrons. The van der Waals surface area contributed by atoms with Crippen molar-refractivity contribution >= 4 is 11.9 Å². The molecule has 160 valence electrons. The minimum Gasteiger partial charge on any atom is -0.383 e. The normalized spacial score (nSPS) is 19.1. The molecule has 0 spiro atoms. The van der Waals surface area contributed by atoms with Crippen molar-refractivity contribution < 1.29 is 9.53 Å². The quantitative estimate of drug-likeness (QED) is 0.367. The Morgan fingerprint density at radius 2 is 1.86 bits per heavy atom. The lowest BCUT2D eigenvalue weighted by Crippen LogP contribution is -2.54. The Morgan fingerprint density at radius 3 is 2.48 bits per heavy atom. The molecule has 29 heavy (non-hydrogen) atoms. The number of ether oxygens (including phenoxy) is 1. The van der Waals surface area contributed by atoms with Crippen LogP contribution in [0.15, 0.2) is 35.3 Å². The zero-order chi connectivity index (χ0) is 20.5. The Labute approximate surface area is 174 Å². The van der Waals surface area contributed by atoms with E-state index < -0.39 is 0 Å². The fourth-order valence-corrected chi connectivity index (χ4v) is 3.89. The van der Waals surface area contributed by atoms with Crippen LogP contribution in [0.1, 0.15) is 18.4 Å². The molecule has 7 heteroatoms. The molecule has 0 bridgehead atoms. The average Bonchev–Trinajstić information content (AvgIpc) is 3.50. The highest BCUT2D eigenvalue weighted by atomic mass is 16.5. The number of hydrogen-bond donors (Lipinski definition) is 2. The molecule has 0 unspecified atom stereocenters. The number of aliphatic imine (C=N–C) groups is 1. The van der Waals surface area contributed by atoms with Gasteiger partial charge in [0, 0.05) is 53.4 Å². The summed E-state index contributed by atoms with van der Waals surface area (Å²) in [6.07, 6.45) is 3.68. The number of guanidine groups is 1. The van der Waals surface area contributed by atoms with Crippen molar-refractivity contribution in [2.24, 2.45) is 10.4 Å². The summed E-state index contributed by atoms with van der Waals surface area (Å²) in [7, 11) is 3.49. The van der Waals surface area contributed by atoms with Gasteiger partial charge in [-0.3, -0.25) is 14.7 Å². The smallest absolute Gasteiger partial charge is 0.234 e. The third-order valence-corrected chi connectivity index (χ3v) is 5.88. The van der Waals surface area contributed by atoms with Gasteiger partial charge in [-0.15, -0.1) is 0 Å².